The largest absolute Gasteiger partial charge is 0.245 e. The quantitative estimate of drug-likeness (QED) is 0.501. The molecule has 0 fully saturated rings. The van der Waals surface area contributed by atoms with Crippen LogP contribution in [0.3, 0.4) is 0 Å². The third-order valence-electron chi connectivity index (χ3n) is 0.972. The van der Waals surface area contributed by atoms with Gasteiger partial charge in [-0.1, -0.05) is 0 Å². The normalized spacial score (nSPS) is 8.90. The van der Waals surface area contributed by atoms with Gasteiger partial charge in [-0.15, -0.1) is 11.3 Å². The fourth-order valence-corrected chi connectivity index (χ4v) is 1.26. The highest BCUT2D eigenvalue weighted by Crippen LogP contribution is 2.07. The molecule has 0 aromatic carbocycles. The molecule has 0 atom stereocenters. The second-order valence-corrected chi connectivity index (χ2v) is 3.01. The number of rotatable bonds is 2. The Morgan fingerprint density at radius 1 is 1.90 bits per heavy atom. The molecule has 0 bridgehead atoms. The summed E-state index contributed by atoms with van der Waals surface area (Å²) in [6.07, 6.45) is 0. The summed E-state index contributed by atoms with van der Waals surface area (Å²) >= 11 is 6.04. The van der Waals surface area contributed by atoms with Crippen LogP contribution in [-0.2, 0) is 6.54 Å². The summed E-state index contributed by atoms with van der Waals surface area (Å²) < 4.78 is 0. The van der Waals surface area contributed by atoms with E-state index in [1.165, 1.54) is 0 Å². The lowest BCUT2D eigenvalue weighted by Crippen LogP contribution is -1.79. The van der Waals surface area contributed by atoms with Crippen LogP contribution in [0.4, 0.5) is 0 Å². The number of aryl methyl sites for hydroxylation is 1. The molecule has 0 unspecified atom stereocenters. The van der Waals surface area contributed by atoms with E-state index in [4.69, 9.17) is 0 Å². The summed E-state index contributed by atoms with van der Waals surface area (Å²) in [6, 6.07) is 0. The Bertz CT molecular complexity index is 260. The summed E-state index contributed by atoms with van der Waals surface area (Å²) in [7, 11) is 0. The van der Waals surface area contributed by atoms with Crippen LogP contribution in [0, 0.1) is 6.92 Å². The van der Waals surface area contributed by atoms with Crippen LogP contribution in [0.1, 0.15) is 10.7 Å². The number of aliphatic imine (C=N–C) groups is 1. The lowest BCUT2D eigenvalue weighted by atomic mass is 10.5. The van der Waals surface area contributed by atoms with Crippen molar-refractivity contribution in [2.45, 2.75) is 13.5 Å². The Morgan fingerprint density at radius 2 is 2.70 bits per heavy atom. The molecule has 1 aromatic rings. The molecule has 0 radical (unpaired) electrons. The van der Waals surface area contributed by atoms with Crippen LogP contribution in [0.15, 0.2) is 10.4 Å². The second-order valence-electron chi connectivity index (χ2n) is 1.77. The molecule has 0 spiro atoms. The average Bonchev–Trinajstić information content (AvgIpc) is 2.31. The molecule has 0 saturated carbocycles. The second kappa shape index (κ2) is 3.56. The first-order chi connectivity index (χ1) is 4.83. The Morgan fingerprint density at radius 3 is 3.20 bits per heavy atom. The van der Waals surface area contributed by atoms with Crippen LogP contribution < -0.4 is 0 Å². The molecule has 0 N–H and O–H groups in total. The molecule has 1 rings (SSSR count). The molecule has 2 nitrogen and oxygen atoms in total. The zero-order chi connectivity index (χ0) is 7.40. The molecule has 1 aromatic heterocycles. The van der Waals surface area contributed by atoms with Crippen molar-refractivity contribution in [3.63, 3.8) is 0 Å². The van der Waals surface area contributed by atoms with Gasteiger partial charge < -0.3 is 0 Å². The van der Waals surface area contributed by atoms with E-state index in [2.05, 4.69) is 27.4 Å². The number of isothiocyanates is 1. The van der Waals surface area contributed by atoms with Crippen molar-refractivity contribution in [2.24, 2.45) is 4.99 Å². The standard InChI is InChI=1S/C6H6N2S2/c1-5-8-6(3-10-5)2-7-4-9/h3H,2H2,1H3. The summed E-state index contributed by atoms with van der Waals surface area (Å²) in [6.45, 7) is 2.53. The molecular weight excluding hydrogens is 164 g/mol. The van der Waals surface area contributed by atoms with Crippen molar-refractivity contribution >= 4 is 28.7 Å². The van der Waals surface area contributed by atoms with E-state index in [0.29, 0.717) is 6.54 Å². The van der Waals surface area contributed by atoms with Gasteiger partial charge in [-0.2, -0.15) is 0 Å². The van der Waals surface area contributed by atoms with Gasteiger partial charge in [-0.05, 0) is 19.1 Å². The van der Waals surface area contributed by atoms with Gasteiger partial charge in [0.15, 0.2) is 0 Å². The third kappa shape index (κ3) is 1.99. The van der Waals surface area contributed by atoms with Gasteiger partial charge >= 0.3 is 0 Å². The predicted octanol–water partition coefficient (Wildman–Crippen LogP) is 2.05. The van der Waals surface area contributed by atoms with E-state index in [1.807, 2.05) is 12.3 Å². The van der Waals surface area contributed by atoms with E-state index in [1.54, 1.807) is 11.3 Å². The smallest absolute Gasteiger partial charge is 0.0923 e. The monoisotopic (exact) mass is 170 g/mol. The Kier molecular flexibility index (Phi) is 2.68. The fourth-order valence-electron chi connectivity index (χ4n) is 0.594. The Labute approximate surface area is 68.6 Å². The van der Waals surface area contributed by atoms with Crippen molar-refractivity contribution in [2.75, 3.05) is 0 Å². The van der Waals surface area contributed by atoms with Gasteiger partial charge in [-0.25, -0.2) is 9.98 Å². The number of hydrogen-bond acceptors (Lipinski definition) is 4. The predicted molar refractivity (Wildman–Crippen MR) is 45.6 cm³/mol. The van der Waals surface area contributed by atoms with Gasteiger partial charge in [-0.3, -0.25) is 0 Å². The summed E-state index contributed by atoms with van der Waals surface area (Å²) in [5, 5.41) is 5.34. The van der Waals surface area contributed by atoms with Gasteiger partial charge in [0.1, 0.15) is 0 Å². The molecule has 0 saturated heterocycles. The van der Waals surface area contributed by atoms with Crippen LogP contribution in [0.5, 0.6) is 0 Å². The number of nitrogens with zero attached hydrogens (tertiary/aromatic N) is 2. The molecular formula is C6H6N2S2. The highest BCUT2D eigenvalue weighted by Gasteiger charge is 1.93. The van der Waals surface area contributed by atoms with Crippen molar-refractivity contribution in [3.05, 3.63) is 16.1 Å². The number of hydrogen-bond donors (Lipinski definition) is 0. The first-order valence-electron chi connectivity index (χ1n) is 2.77. The molecule has 0 aliphatic heterocycles. The maximum Gasteiger partial charge on any atom is 0.0923 e. The van der Waals surface area contributed by atoms with E-state index < -0.39 is 0 Å². The minimum absolute atomic E-state index is 0.563. The zero-order valence-electron chi connectivity index (χ0n) is 5.50. The first kappa shape index (κ1) is 7.54. The third-order valence-corrected chi connectivity index (χ3v) is 1.92. The SMILES string of the molecule is Cc1nc(CN=C=S)cs1. The van der Waals surface area contributed by atoms with Crippen LogP contribution in [0.25, 0.3) is 0 Å². The van der Waals surface area contributed by atoms with Crippen molar-refractivity contribution in [1.82, 2.24) is 4.98 Å². The molecule has 1 heterocycles. The van der Waals surface area contributed by atoms with Gasteiger partial charge in [0, 0.05) is 5.38 Å². The molecule has 0 amide bonds. The maximum atomic E-state index is 4.42. The maximum absolute atomic E-state index is 4.42. The fraction of sp³-hybridized carbons (Fsp3) is 0.333. The number of thiazole rings is 1. The van der Waals surface area contributed by atoms with Crippen LogP contribution in [0.2, 0.25) is 0 Å². The Hall–Kier alpha value is -0.570. The van der Waals surface area contributed by atoms with Gasteiger partial charge in [0.05, 0.1) is 22.4 Å². The number of aromatic nitrogens is 1. The molecule has 0 aliphatic carbocycles. The lowest BCUT2D eigenvalue weighted by Gasteiger charge is -1.81. The summed E-state index contributed by atoms with van der Waals surface area (Å²) in [5.41, 5.74) is 0.972. The minimum Gasteiger partial charge on any atom is -0.245 e. The molecule has 10 heavy (non-hydrogen) atoms. The van der Waals surface area contributed by atoms with Crippen molar-refractivity contribution in [1.29, 1.82) is 0 Å². The Balaban J connectivity index is 2.66. The van der Waals surface area contributed by atoms with E-state index in [0.717, 1.165) is 10.7 Å². The average molecular weight is 170 g/mol. The highest BCUT2D eigenvalue weighted by atomic mass is 32.1. The van der Waals surface area contributed by atoms with Gasteiger partial charge in [0.25, 0.3) is 0 Å². The first-order valence-corrected chi connectivity index (χ1v) is 4.06. The molecule has 0 aliphatic rings. The highest BCUT2D eigenvalue weighted by molar-refractivity contribution is 7.78. The molecule has 4 heteroatoms. The summed E-state index contributed by atoms with van der Waals surface area (Å²) in [5.74, 6) is 0. The van der Waals surface area contributed by atoms with Crippen molar-refractivity contribution < 1.29 is 0 Å². The van der Waals surface area contributed by atoms with E-state index >= 15 is 0 Å². The lowest BCUT2D eigenvalue weighted by molar-refractivity contribution is 1.01. The van der Waals surface area contributed by atoms with Gasteiger partial charge in [0.2, 0.25) is 0 Å². The van der Waals surface area contributed by atoms with Crippen molar-refractivity contribution in [3.8, 4) is 0 Å². The topological polar surface area (TPSA) is 25.2 Å². The van der Waals surface area contributed by atoms with E-state index in [-0.39, 0.29) is 0 Å². The van der Waals surface area contributed by atoms with Crippen LogP contribution in [-0.4, -0.2) is 10.1 Å². The zero-order valence-corrected chi connectivity index (χ0v) is 7.13. The summed E-state index contributed by atoms with van der Waals surface area (Å²) in [4.78, 5) is 7.95. The molecule has 52 valence electrons. The van der Waals surface area contributed by atoms with E-state index in [9.17, 15) is 0 Å². The number of thiocarbonyl (C=S) groups is 1. The van der Waals surface area contributed by atoms with Crippen LogP contribution >= 0.6 is 23.6 Å². The minimum atomic E-state index is 0.563.